The lowest BCUT2D eigenvalue weighted by atomic mass is 10.2. The SMILES string of the molecule is CN(c1cccc(F)c1)c1ncc(C(=O)O)cc1[N+](=O)[O-]. The van der Waals surface area contributed by atoms with E-state index in [4.69, 9.17) is 5.11 Å². The Kier molecular flexibility index (Phi) is 3.79. The van der Waals surface area contributed by atoms with Gasteiger partial charge in [-0.15, -0.1) is 0 Å². The Morgan fingerprint density at radius 2 is 2.14 bits per heavy atom. The van der Waals surface area contributed by atoms with Gasteiger partial charge in [-0.1, -0.05) is 6.07 Å². The number of hydrogen-bond acceptors (Lipinski definition) is 5. The van der Waals surface area contributed by atoms with E-state index in [1.165, 1.54) is 30.1 Å². The highest BCUT2D eigenvalue weighted by Crippen LogP contribution is 2.31. The first-order valence-electron chi connectivity index (χ1n) is 5.77. The number of rotatable bonds is 4. The van der Waals surface area contributed by atoms with Crippen LogP contribution in [0.2, 0.25) is 0 Å². The Balaban J connectivity index is 2.52. The minimum absolute atomic E-state index is 0.0735. The largest absolute Gasteiger partial charge is 0.478 e. The van der Waals surface area contributed by atoms with Gasteiger partial charge in [-0.05, 0) is 18.2 Å². The highest BCUT2D eigenvalue weighted by atomic mass is 19.1. The Morgan fingerprint density at radius 1 is 1.43 bits per heavy atom. The number of nitrogens with zero attached hydrogens (tertiary/aromatic N) is 3. The van der Waals surface area contributed by atoms with Crippen LogP contribution in [0.15, 0.2) is 36.5 Å². The van der Waals surface area contributed by atoms with E-state index in [0.29, 0.717) is 5.69 Å². The third-order valence-corrected chi connectivity index (χ3v) is 2.80. The average molecular weight is 291 g/mol. The summed E-state index contributed by atoms with van der Waals surface area (Å²) in [5.74, 6) is -1.88. The summed E-state index contributed by atoms with van der Waals surface area (Å²) in [6.45, 7) is 0. The molecule has 0 saturated heterocycles. The molecule has 0 atom stereocenters. The van der Waals surface area contributed by atoms with Crippen molar-refractivity contribution in [3.8, 4) is 0 Å². The van der Waals surface area contributed by atoms with Crippen LogP contribution < -0.4 is 4.90 Å². The lowest BCUT2D eigenvalue weighted by Gasteiger charge is -2.18. The molecule has 1 aromatic heterocycles. The van der Waals surface area contributed by atoms with Crippen LogP contribution in [0.25, 0.3) is 0 Å². The van der Waals surface area contributed by atoms with E-state index in [1.807, 2.05) is 0 Å². The van der Waals surface area contributed by atoms with E-state index in [0.717, 1.165) is 12.3 Å². The first kappa shape index (κ1) is 14.4. The molecule has 0 radical (unpaired) electrons. The molecule has 0 unspecified atom stereocenters. The van der Waals surface area contributed by atoms with Gasteiger partial charge in [-0.25, -0.2) is 14.2 Å². The molecule has 2 rings (SSSR count). The predicted octanol–water partition coefficient (Wildman–Crippen LogP) is 2.60. The molecule has 2 aromatic rings. The van der Waals surface area contributed by atoms with Crippen LogP contribution in [-0.4, -0.2) is 28.0 Å². The van der Waals surface area contributed by atoms with Crippen molar-refractivity contribution in [2.75, 3.05) is 11.9 Å². The van der Waals surface area contributed by atoms with Gasteiger partial charge in [0.15, 0.2) is 0 Å². The second-order valence-corrected chi connectivity index (χ2v) is 4.17. The summed E-state index contributed by atoms with van der Waals surface area (Å²) in [4.78, 5) is 26.3. The molecule has 7 nitrogen and oxygen atoms in total. The quantitative estimate of drug-likeness (QED) is 0.687. The van der Waals surface area contributed by atoms with Crippen molar-refractivity contribution in [1.29, 1.82) is 0 Å². The van der Waals surface area contributed by atoms with E-state index in [1.54, 1.807) is 6.07 Å². The zero-order valence-corrected chi connectivity index (χ0v) is 10.9. The third kappa shape index (κ3) is 2.94. The molecule has 21 heavy (non-hydrogen) atoms. The van der Waals surface area contributed by atoms with Crippen molar-refractivity contribution >= 4 is 23.2 Å². The lowest BCUT2D eigenvalue weighted by molar-refractivity contribution is -0.384. The highest BCUT2D eigenvalue weighted by molar-refractivity contribution is 5.89. The topological polar surface area (TPSA) is 96.6 Å². The van der Waals surface area contributed by atoms with Crippen molar-refractivity contribution in [2.45, 2.75) is 0 Å². The Labute approximate surface area is 118 Å². The monoisotopic (exact) mass is 291 g/mol. The van der Waals surface area contributed by atoms with Crippen molar-refractivity contribution in [3.05, 3.63) is 58.0 Å². The van der Waals surface area contributed by atoms with Crippen LogP contribution in [0, 0.1) is 15.9 Å². The summed E-state index contributed by atoms with van der Waals surface area (Å²) in [6, 6.07) is 6.36. The minimum atomic E-state index is -1.31. The maximum atomic E-state index is 13.2. The number of carbonyl (C=O) groups is 1. The number of anilines is 2. The first-order valence-corrected chi connectivity index (χ1v) is 5.77. The summed E-state index contributed by atoms with van der Waals surface area (Å²) < 4.78 is 13.2. The molecule has 0 spiro atoms. The minimum Gasteiger partial charge on any atom is -0.478 e. The van der Waals surface area contributed by atoms with Crippen LogP contribution in [-0.2, 0) is 0 Å². The summed E-state index contributed by atoms with van der Waals surface area (Å²) in [5.41, 5.74) is -0.409. The van der Waals surface area contributed by atoms with Crippen LogP contribution in [0.1, 0.15) is 10.4 Å². The standard InChI is InChI=1S/C13H10FN3O4/c1-16(10-4-2-3-9(14)6-10)12-11(17(20)21)5-8(7-15-12)13(18)19/h2-7H,1H3,(H,18,19). The van der Waals surface area contributed by atoms with Gasteiger partial charge in [-0.2, -0.15) is 0 Å². The molecule has 0 saturated carbocycles. The Hall–Kier alpha value is -3.03. The maximum Gasteiger partial charge on any atom is 0.337 e. The molecule has 108 valence electrons. The third-order valence-electron chi connectivity index (χ3n) is 2.80. The molecule has 8 heteroatoms. The number of nitro groups is 1. The van der Waals surface area contributed by atoms with Gasteiger partial charge in [0.25, 0.3) is 0 Å². The molecule has 0 fully saturated rings. The Morgan fingerprint density at radius 3 is 2.71 bits per heavy atom. The summed E-state index contributed by atoms with van der Waals surface area (Å²) in [6.07, 6.45) is 1.01. The number of hydrogen-bond donors (Lipinski definition) is 1. The molecule has 1 heterocycles. The van der Waals surface area contributed by atoms with E-state index in [9.17, 15) is 19.3 Å². The average Bonchev–Trinajstić information content (AvgIpc) is 2.45. The highest BCUT2D eigenvalue weighted by Gasteiger charge is 2.22. The number of carboxylic acids is 1. The second kappa shape index (κ2) is 5.53. The molecular weight excluding hydrogens is 281 g/mol. The van der Waals surface area contributed by atoms with Gasteiger partial charge in [0, 0.05) is 25.0 Å². The number of pyridine rings is 1. The molecule has 0 bridgehead atoms. The number of benzene rings is 1. The van der Waals surface area contributed by atoms with Crippen LogP contribution in [0.3, 0.4) is 0 Å². The van der Waals surface area contributed by atoms with E-state index >= 15 is 0 Å². The summed E-state index contributed by atoms with van der Waals surface area (Å²) >= 11 is 0. The van der Waals surface area contributed by atoms with E-state index < -0.39 is 22.4 Å². The molecule has 0 aliphatic carbocycles. The molecule has 0 amide bonds. The molecule has 1 N–H and O–H groups in total. The fourth-order valence-corrected chi connectivity index (χ4v) is 1.76. The number of halogens is 1. The number of aromatic carboxylic acids is 1. The van der Waals surface area contributed by atoms with Crippen molar-refractivity contribution in [2.24, 2.45) is 0 Å². The first-order chi connectivity index (χ1) is 9.90. The smallest absolute Gasteiger partial charge is 0.337 e. The van der Waals surface area contributed by atoms with Gasteiger partial charge in [0.05, 0.1) is 10.5 Å². The zero-order valence-electron chi connectivity index (χ0n) is 10.9. The molecular formula is C13H10FN3O4. The van der Waals surface area contributed by atoms with E-state index in [2.05, 4.69) is 4.98 Å². The van der Waals surface area contributed by atoms with Crippen LogP contribution in [0.4, 0.5) is 21.6 Å². The number of aromatic nitrogens is 1. The van der Waals surface area contributed by atoms with Gasteiger partial charge < -0.3 is 10.0 Å². The molecule has 1 aromatic carbocycles. The van der Waals surface area contributed by atoms with Crippen molar-refractivity contribution in [1.82, 2.24) is 4.98 Å². The maximum absolute atomic E-state index is 13.2. The van der Waals surface area contributed by atoms with Gasteiger partial charge in [0.1, 0.15) is 5.82 Å². The lowest BCUT2D eigenvalue weighted by Crippen LogP contribution is -2.14. The van der Waals surface area contributed by atoms with Crippen LogP contribution in [0.5, 0.6) is 0 Å². The Bertz CT molecular complexity index is 720. The van der Waals surface area contributed by atoms with Gasteiger partial charge in [-0.3, -0.25) is 10.1 Å². The second-order valence-electron chi connectivity index (χ2n) is 4.17. The zero-order chi connectivity index (χ0) is 15.6. The van der Waals surface area contributed by atoms with Gasteiger partial charge in [0.2, 0.25) is 5.82 Å². The fraction of sp³-hybridized carbons (Fsp3) is 0.0769. The van der Waals surface area contributed by atoms with Crippen molar-refractivity contribution in [3.63, 3.8) is 0 Å². The molecule has 0 aliphatic heterocycles. The van der Waals surface area contributed by atoms with Gasteiger partial charge >= 0.3 is 11.7 Å². The predicted molar refractivity (Wildman–Crippen MR) is 72.3 cm³/mol. The summed E-state index contributed by atoms with van der Waals surface area (Å²) in [7, 11) is 1.48. The van der Waals surface area contributed by atoms with E-state index in [-0.39, 0.29) is 11.4 Å². The van der Waals surface area contributed by atoms with Crippen LogP contribution >= 0.6 is 0 Å². The fourth-order valence-electron chi connectivity index (χ4n) is 1.76. The van der Waals surface area contributed by atoms with Crippen molar-refractivity contribution < 1.29 is 19.2 Å². The summed E-state index contributed by atoms with van der Waals surface area (Å²) in [5, 5.41) is 19.9. The number of carboxylic acid groups (broad SMARTS) is 1. The molecule has 0 aliphatic rings. The normalized spacial score (nSPS) is 10.2.